The molecule has 2 aromatic carbocycles. The molecule has 0 radical (unpaired) electrons. The quantitative estimate of drug-likeness (QED) is 0.375. The van der Waals surface area contributed by atoms with E-state index in [1.54, 1.807) is 4.52 Å². The number of carbonyl (C=O) groups is 1. The zero-order chi connectivity index (χ0) is 23.4. The minimum absolute atomic E-state index is 0.114. The van der Waals surface area contributed by atoms with Crippen LogP contribution in [0.4, 0.5) is 0 Å². The van der Waals surface area contributed by atoms with Crippen molar-refractivity contribution in [2.24, 2.45) is 0 Å². The number of aryl methyl sites for hydroxylation is 2. The Bertz CT molecular complexity index is 1290. The van der Waals surface area contributed by atoms with E-state index in [4.69, 9.17) is 4.74 Å². The predicted molar refractivity (Wildman–Crippen MR) is 130 cm³/mol. The fourth-order valence-corrected chi connectivity index (χ4v) is 4.44. The summed E-state index contributed by atoms with van der Waals surface area (Å²) >= 11 is 1.49. The van der Waals surface area contributed by atoms with Crippen molar-refractivity contribution in [2.75, 3.05) is 6.61 Å². The largest absolute Gasteiger partial charge is 0.494 e. The number of fused-ring (bicyclic) bond motifs is 1. The number of ether oxygens (including phenoxy) is 1. The molecule has 4 rings (SSSR count). The van der Waals surface area contributed by atoms with E-state index < -0.39 is 0 Å². The molecular formula is C25H27N5O2S. The average Bonchev–Trinajstić information content (AvgIpc) is 3.21. The maximum atomic E-state index is 13.1. The lowest BCUT2D eigenvalue weighted by atomic mass is 10.1. The fourth-order valence-electron chi connectivity index (χ4n) is 3.62. The highest BCUT2D eigenvalue weighted by atomic mass is 32.2. The third-order valence-corrected chi connectivity index (χ3v) is 6.12. The highest BCUT2D eigenvalue weighted by Crippen LogP contribution is 2.24. The average molecular weight is 462 g/mol. The second kappa shape index (κ2) is 10.0. The Morgan fingerprint density at radius 1 is 1.12 bits per heavy atom. The molecule has 33 heavy (non-hydrogen) atoms. The lowest BCUT2D eigenvalue weighted by molar-refractivity contribution is 0.0939. The first kappa shape index (κ1) is 22.8. The molecule has 1 amide bonds. The highest BCUT2D eigenvalue weighted by molar-refractivity contribution is 7.98. The van der Waals surface area contributed by atoms with Crippen LogP contribution in [-0.2, 0) is 5.75 Å². The molecule has 0 spiro atoms. The number of rotatable bonds is 8. The zero-order valence-electron chi connectivity index (χ0n) is 19.2. The Balaban J connectivity index is 1.47. The van der Waals surface area contributed by atoms with E-state index in [1.807, 2.05) is 82.3 Å². The summed E-state index contributed by atoms with van der Waals surface area (Å²) in [6.45, 7) is 8.45. The van der Waals surface area contributed by atoms with Gasteiger partial charge in [-0.05, 0) is 63.1 Å². The number of benzene rings is 2. The standard InChI is InChI=1S/C25H27N5O2S/c1-5-32-21-11-8-10-19(14-21)18(4)27-23(31)22-12-7-6-9-20(22)15-33-25-28-24-26-16(2)13-17(3)30(24)29-25/h6-14,18H,5,15H2,1-4H3,(H,27,31). The van der Waals surface area contributed by atoms with E-state index >= 15 is 0 Å². The van der Waals surface area contributed by atoms with Crippen LogP contribution in [0.15, 0.2) is 59.8 Å². The number of thioether (sulfide) groups is 1. The molecule has 2 heterocycles. The first-order valence-electron chi connectivity index (χ1n) is 10.9. The summed E-state index contributed by atoms with van der Waals surface area (Å²) in [6, 6.07) is 17.2. The topological polar surface area (TPSA) is 81.4 Å². The second-order valence-corrected chi connectivity index (χ2v) is 8.73. The Morgan fingerprint density at radius 3 is 2.76 bits per heavy atom. The molecular weight excluding hydrogens is 434 g/mol. The van der Waals surface area contributed by atoms with Gasteiger partial charge in [0.1, 0.15) is 5.75 Å². The number of hydrogen-bond acceptors (Lipinski definition) is 6. The Labute approximate surface area is 197 Å². The normalized spacial score (nSPS) is 12.0. The molecule has 170 valence electrons. The van der Waals surface area contributed by atoms with Gasteiger partial charge in [0.2, 0.25) is 5.16 Å². The summed E-state index contributed by atoms with van der Waals surface area (Å²) in [6.07, 6.45) is 0. The lowest BCUT2D eigenvalue weighted by Crippen LogP contribution is -2.27. The number of nitrogens with zero attached hydrogens (tertiary/aromatic N) is 4. The number of hydrogen-bond donors (Lipinski definition) is 1. The maximum Gasteiger partial charge on any atom is 0.253 e. The van der Waals surface area contributed by atoms with E-state index in [0.29, 0.717) is 28.9 Å². The molecule has 0 fully saturated rings. The van der Waals surface area contributed by atoms with Crippen LogP contribution in [0.5, 0.6) is 5.75 Å². The first-order chi connectivity index (χ1) is 15.9. The van der Waals surface area contributed by atoms with Gasteiger partial charge in [0.25, 0.3) is 11.7 Å². The highest BCUT2D eigenvalue weighted by Gasteiger charge is 2.16. The van der Waals surface area contributed by atoms with E-state index in [-0.39, 0.29) is 11.9 Å². The van der Waals surface area contributed by atoms with Crippen LogP contribution in [0.2, 0.25) is 0 Å². The van der Waals surface area contributed by atoms with Gasteiger partial charge < -0.3 is 10.1 Å². The third kappa shape index (κ3) is 5.34. The summed E-state index contributed by atoms with van der Waals surface area (Å²) in [7, 11) is 0. The SMILES string of the molecule is CCOc1cccc(C(C)NC(=O)c2ccccc2CSc2nc3nc(C)cc(C)n3n2)c1. The molecule has 0 bridgehead atoms. The molecule has 7 nitrogen and oxygen atoms in total. The van der Waals surface area contributed by atoms with Crippen LogP contribution >= 0.6 is 11.8 Å². The van der Waals surface area contributed by atoms with Crippen LogP contribution in [0.3, 0.4) is 0 Å². The predicted octanol–water partition coefficient (Wildman–Crippen LogP) is 4.92. The Hall–Kier alpha value is -3.39. The number of nitrogens with one attached hydrogen (secondary N) is 1. The molecule has 8 heteroatoms. The van der Waals surface area contributed by atoms with Crippen molar-refractivity contribution in [3.8, 4) is 5.75 Å². The van der Waals surface area contributed by atoms with Crippen LogP contribution in [0, 0.1) is 13.8 Å². The third-order valence-electron chi connectivity index (χ3n) is 5.23. The molecule has 2 aromatic heterocycles. The van der Waals surface area contributed by atoms with Crippen LogP contribution in [0.1, 0.15) is 52.8 Å². The van der Waals surface area contributed by atoms with Crippen molar-refractivity contribution < 1.29 is 9.53 Å². The van der Waals surface area contributed by atoms with E-state index in [9.17, 15) is 4.79 Å². The molecule has 0 aliphatic rings. The van der Waals surface area contributed by atoms with Gasteiger partial charge in [-0.2, -0.15) is 4.98 Å². The smallest absolute Gasteiger partial charge is 0.253 e. The van der Waals surface area contributed by atoms with Gasteiger partial charge in [0, 0.05) is 22.7 Å². The zero-order valence-corrected chi connectivity index (χ0v) is 20.0. The van der Waals surface area contributed by atoms with Gasteiger partial charge in [-0.1, -0.05) is 42.1 Å². The van der Waals surface area contributed by atoms with E-state index in [1.165, 1.54) is 11.8 Å². The summed E-state index contributed by atoms with van der Waals surface area (Å²) < 4.78 is 7.32. The summed E-state index contributed by atoms with van der Waals surface area (Å²) in [5.74, 6) is 1.85. The molecule has 1 atom stereocenters. The van der Waals surface area contributed by atoms with Crippen LogP contribution in [-0.4, -0.2) is 32.1 Å². The molecule has 0 aliphatic heterocycles. The van der Waals surface area contributed by atoms with Gasteiger partial charge >= 0.3 is 0 Å². The molecule has 0 aliphatic carbocycles. The number of aromatic nitrogens is 4. The minimum Gasteiger partial charge on any atom is -0.494 e. The van der Waals surface area contributed by atoms with Crippen molar-refractivity contribution in [3.05, 3.63) is 82.7 Å². The lowest BCUT2D eigenvalue weighted by Gasteiger charge is -2.17. The Morgan fingerprint density at radius 2 is 1.94 bits per heavy atom. The minimum atomic E-state index is -0.156. The second-order valence-electron chi connectivity index (χ2n) is 7.79. The van der Waals surface area contributed by atoms with Crippen molar-refractivity contribution in [1.29, 1.82) is 0 Å². The van der Waals surface area contributed by atoms with Crippen molar-refractivity contribution in [2.45, 2.75) is 44.6 Å². The summed E-state index contributed by atoms with van der Waals surface area (Å²) in [5, 5.41) is 8.29. The van der Waals surface area contributed by atoms with Crippen molar-refractivity contribution >= 4 is 23.4 Å². The number of carbonyl (C=O) groups excluding carboxylic acids is 1. The fraction of sp³-hybridized carbons (Fsp3) is 0.280. The van der Waals surface area contributed by atoms with E-state index in [2.05, 4.69) is 20.4 Å². The molecule has 0 saturated heterocycles. The van der Waals surface area contributed by atoms with E-state index in [0.717, 1.165) is 28.3 Å². The monoisotopic (exact) mass is 461 g/mol. The summed E-state index contributed by atoms with van der Waals surface area (Å²) in [5.41, 5.74) is 4.46. The van der Waals surface area contributed by atoms with Crippen molar-refractivity contribution in [1.82, 2.24) is 24.9 Å². The van der Waals surface area contributed by atoms with Crippen LogP contribution < -0.4 is 10.1 Å². The van der Waals surface area contributed by atoms with Gasteiger partial charge in [-0.3, -0.25) is 4.79 Å². The Kier molecular flexibility index (Phi) is 6.93. The first-order valence-corrected chi connectivity index (χ1v) is 11.9. The molecule has 1 N–H and O–H groups in total. The van der Waals surface area contributed by atoms with Gasteiger partial charge in [-0.15, -0.1) is 5.10 Å². The van der Waals surface area contributed by atoms with Gasteiger partial charge in [-0.25, -0.2) is 9.50 Å². The molecule has 1 unspecified atom stereocenters. The molecule has 4 aromatic rings. The summed E-state index contributed by atoms with van der Waals surface area (Å²) in [4.78, 5) is 22.1. The van der Waals surface area contributed by atoms with Crippen LogP contribution in [0.25, 0.3) is 5.78 Å². The molecule has 0 saturated carbocycles. The van der Waals surface area contributed by atoms with Crippen molar-refractivity contribution in [3.63, 3.8) is 0 Å². The van der Waals surface area contributed by atoms with Gasteiger partial charge in [0.05, 0.1) is 12.6 Å². The van der Waals surface area contributed by atoms with Gasteiger partial charge in [0.15, 0.2) is 0 Å². The number of amides is 1. The maximum absolute atomic E-state index is 13.1.